The molecule has 18 heavy (non-hydrogen) atoms. The van der Waals surface area contributed by atoms with Crippen molar-refractivity contribution in [2.24, 2.45) is 17.8 Å². The Labute approximate surface area is 113 Å². The van der Waals surface area contributed by atoms with Crippen molar-refractivity contribution in [2.45, 2.75) is 64.5 Å². The monoisotopic (exact) mass is 250 g/mol. The van der Waals surface area contributed by atoms with Gasteiger partial charge in [-0.3, -0.25) is 0 Å². The molecule has 1 N–H and O–H groups in total. The first-order valence-corrected chi connectivity index (χ1v) is 8.19. The number of nitrogens with one attached hydrogen (secondary N) is 1. The molecule has 2 saturated carbocycles. The van der Waals surface area contributed by atoms with Crippen LogP contribution < -0.4 is 5.32 Å². The van der Waals surface area contributed by atoms with Crippen molar-refractivity contribution in [2.75, 3.05) is 19.6 Å². The van der Waals surface area contributed by atoms with E-state index in [-0.39, 0.29) is 0 Å². The van der Waals surface area contributed by atoms with Crippen LogP contribution in [0, 0.1) is 17.8 Å². The van der Waals surface area contributed by atoms with Crippen LogP contribution in [-0.2, 0) is 0 Å². The highest BCUT2D eigenvalue weighted by Crippen LogP contribution is 2.31. The molecule has 0 bridgehead atoms. The third kappa shape index (κ3) is 3.27. The van der Waals surface area contributed by atoms with E-state index in [0.29, 0.717) is 0 Å². The van der Waals surface area contributed by atoms with Crippen molar-refractivity contribution in [3.05, 3.63) is 0 Å². The number of piperidine rings is 1. The Balaban J connectivity index is 1.54. The van der Waals surface area contributed by atoms with Crippen LogP contribution in [0.25, 0.3) is 0 Å². The Kier molecular flexibility index (Phi) is 3.95. The molecule has 2 atom stereocenters. The van der Waals surface area contributed by atoms with Gasteiger partial charge in [0.1, 0.15) is 0 Å². The first-order valence-electron chi connectivity index (χ1n) is 8.19. The SMILES string of the molecule is CC(C)C1CC(NC2CC2)CN(CC2CCC2)C1. The predicted octanol–water partition coefficient (Wildman–Crippen LogP) is 2.89. The summed E-state index contributed by atoms with van der Waals surface area (Å²) < 4.78 is 0. The highest BCUT2D eigenvalue weighted by atomic mass is 15.2. The molecule has 3 aliphatic rings. The van der Waals surface area contributed by atoms with Gasteiger partial charge in [0, 0.05) is 31.7 Å². The lowest BCUT2D eigenvalue weighted by Crippen LogP contribution is -2.52. The van der Waals surface area contributed by atoms with Gasteiger partial charge in [-0.25, -0.2) is 0 Å². The Hall–Kier alpha value is -0.0800. The standard InChI is InChI=1S/C16H30N2/c1-12(2)14-8-16(17-15-6-7-15)11-18(10-14)9-13-4-3-5-13/h12-17H,3-11H2,1-2H3. The summed E-state index contributed by atoms with van der Waals surface area (Å²) in [5.74, 6) is 2.78. The fourth-order valence-electron chi connectivity index (χ4n) is 3.61. The van der Waals surface area contributed by atoms with Gasteiger partial charge < -0.3 is 10.2 Å². The van der Waals surface area contributed by atoms with Gasteiger partial charge in [-0.1, -0.05) is 20.3 Å². The molecule has 2 nitrogen and oxygen atoms in total. The van der Waals surface area contributed by atoms with E-state index in [4.69, 9.17) is 0 Å². The van der Waals surface area contributed by atoms with E-state index < -0.39 is 0 Å². The van der Waals surface area contributed by atoms with Gasteiger partial charge in [0.05, 0.1) is 0 Å². The van der Waals surface area contributed by atoms with Crippen LogP contribution in [0.2, 0.25) is 0 Å². The van der Waals surface area contributed by atoms with Crippen molar-refractivity contribution in [1.82, 2.24) is 10.2 Å². The van der Waals surface area contributed by atoms with Crippen molar-refractivity contribution >= 4 is 0 Å². The topological polar surface area (TPSA) is 15.3 Å². The van der Waals surface area contributed by atoms with Crippen LogP contribution in [0.4, 0.5) is 0 Å². The highest BCUT2D eigenvalue weighted by molar-refractivity contribution is 4.91. The largest absolute Gasteiger partial charge is 0.310 e. The molecule has 2 unspecified atom stereocenters. The van der Waals surface area contributed by atoms with Crippen LogP contribution in [-0.4, -0.2) is 36.6 Å². The van der Waals surface area contributed by atoms with Crippen LogP contribution >= 0.6 is 0 Å². The van der Waals surface area contributed by atoms with E-state index in [2.05, 4.69) is 24.1 Å². The molecule has 0 radical (unpaired) electrons. The van der Waals surface area contributed by atoms with E-state index in [9.17, 15) is 0 Å². The van der Waals surface area contributed by atoms with E-state index in [0.717, 1.165) is 29.8 Å². The summed E-state index contributed by atoms with van der Waals surface area (Å²) in [5.41, 5.74) is 0. The normalized spacial score (nSPS) is 34.8. The zero-order chi connectivity index (χ0) is 12.5. The second-order valence-electron chi connectivity index (χ2n) is 7.39. The minimum atomic E-state index is 0.777. The van der Waals surface area contributed by atoms with Crippen LogP contribution in [0.5, 0.6) is 0 Å². The first-order chi connectivity index (χ1) is 8.70. The van der Waals surface area contributed by atoms with Crippen LogP contribution in [0.1, 0.15) is 52.4 Å². The quantitative estimate of drug-likeness (QED) is 0.807. The van der Waals surface area contributed by atoms with Gasteiger partial charge in [-0.15, -0.1) is 0 Å². The van der Waals surface area contributed by atoms with Gasteiger partial charge in [0.2, 0.25) is 0 Å². The second-order valence-corrected chi connectivity index (χ2v) is 7.39. The zero-order valence-corrected chi connectivity index (χ0v) is 12.2. The van der Waals surface area contributed by atoms with E-state index in [1.807, 2.05) is 0 Å². The molecule has 0 amide bonds. The van der Waals surface area contributed by atoms with E-state index in [1.165, 1.54) is 58.2 Å². The highest BCUT2D eigenvalue weighted by Gasteiger charge is 2.33. The maximum absolute atomic E-state index is 3.88. The smallest absolute Gasteiger partial charge is 0.0200 e. The minimum absolute atomic E-state index is 0.777. The van der Waals surface area contributed by atoms with Crippen molar-refractivity contribution < 1.29 is 0 Å². The van der Waals surface area contributed by atoms with Crippen LogP contribution in [0.15, 0.2) is 0 Å². The summed E-state index contributed by atoms with van der Waals surface area (Å²) in [7, 11) is 0. The Morgan fingerprint density at radius 3 is 2.39 bits per heavy atom. The molecule has 1 saturated heterocycles. The third-order valence-corrected chi connectivity index (χ3v) is 5.29. The fourth-order valence-corrected chi connectivity index (χ4v) is 3.61. The number of likely N-dealkylation sites (tertiary alicyclic amines) is 1. The molecule has 2 heteroatoms. The fraction of sp³-hybridized carbons (Fsp3) is 1.00. The molecule has 3 fully saturated rings. The number of hydrogen-bond donors (Lipinski definition) is 1. The average Bonchev–Trinajstić information content (AvgIpc) is 3.07. The van der Waals surface area contributed by atoms with Gasteiger partial charge in [0.25, 0.3) is 0 Å². The number of hydrogen-bond acceptors (Lipinski definition) is 2. The second kappa shape index (κ2) is 5.50. The van der Waals surface area contributed by atoms with Gasteiger partial charge in [0.15, 0.2) is 0 Å². The molecule has 3 rings (SSSR count). The predicted molar refractivity (Wildman–Crippen MR) is 76.7 cm³/mol. The molecule has 0 aromatic carbocycles. The molecular weight excluding hydrogens is 220 g/mol. The van der Waals surface area contributed by atoms with E-state index >= 15 is 0 Å². The third-order valence-electron chi connectivity index (χ3n) is 5.29. The summed E-state index contributed by atoms with van der Waals surface area (Å²) in [5, 5.41) is 3.88. The molecule has 0 aromatic rings. The Morgan fingerprint density at radius 1 is 1.06 bits per heavy atom. The average molecular weight is 250 g/mol. The number of nitrogens with zero attached hydrogens (tertiary/aromatic N) is 1. The molecule has 1 heterocycles. The van der Waals surface area contributed by atoms with Crippen LogP contribution in [0.3, 0.4) is 0 Å². The summed E-state index contributed by atoms with van der Waals surface area (Å²) >= 11 is 0. The summed E-state index contributed by atoms with van der Waals surface area (Å²) in [6.45, 7) is 8.87. The Bertz CT molecular complexity index is 268. The maximum atomic E-state index is 3.88. The molecule has 2 aliphatic carbocycles. The first kappa shape index (κ1) is 12.9. The summed E-state index contributed by atoms with van der Waals surface area (Å²) in [4.78, 5) is 2.78. The van der Waals surface area contributed by atoms with Crippen molar-refractivity contribution in [3.8, 4) is 0 Å². The molecule has 1 aliphatic heterocycles. The van der Waals surface area contributed by atoms with Crippen molar-refractivity contribution in [3.63, 3.8) is 0 Å². The maximum Gasteiger partial charge on any atom is 0.0200 e. The van der Waals surface area contributed by atoms with Gasteiger partial charge >= 0.3 is 0 Å². The molecule has 104 valence electrons. The lowest BCUT2D eigenvalue weighted by Gasteiger charge is -2.42. The number of rotatable bonds is 5. The van der Waals surface area contributed by atoms with Gasteiger partial charge in [-0.05, 0) is 49.9 Å². The summed E-state index contributed by atoms with van der Waals surface area (Å²) in [6.07, 6.45) is 8.72. The lowest BCUT2D eigenvalue weighted by molar-refractivity contribution is 0.0841. The Morgan fingerprint density at radius 2 is 1.83 bits per heavy atom. The minimum Gasteiger partial charge on any atom is -0.310 e. The zero-order valence-electron chi connectivity index (χ0n) is 12.2. The molecule has 0 spiro atoms. The van der Waals surface area contributed by atoms with Crippen molar-refractivity contribution in [1.29, 1.82) is 0 Å². The lowest BCUT2D eigenvalue weighted by atomic mass is 9.82. The summed E-state index contributed by atoms with van der Waals surface area (Å²) in [6, 6.07) is 1.64. The molecule has 0 aromatic heterocycles. The van der Waals surface area contributed by atoms with Gasteiger partial charge in [-0.2, -0.15) is 0 Å². The van der Waals surface area contributed by atoms with E-state index in [1.54, 1.807) is 0 Å². The molecular formula is C16H30N2.